The number of nitrogens with zero attached hydrogens (tertiary/aromatic N) is 3. The normalized spacial score (nSPS) is 17.7. The van der Waals surface area contributed by atoms with E-state index in [2.05, 4.69) is 0 Å². The van der Waals surface area contributed by atoms with Crippen molar-refractivity contribution in [3.63, 3.8) is 0 Å². The molecule has 7 heteroatoms. The molecule has 1 atom stereocenters. The quantitative estimate of drug-likeness (QED) is 0.764. The Morgan fingerprint density at radius 2 is 1.77 bits per heavy atom. The fraction of sp³-hybridized carbons (Fsp3) is 0.263. The van der Waals surface area contributed by atoms with Gasteiger partial charge in [0, 0.05) is 23.5 Å². The first-order valence-corrected chi connectivity index (χ1v) is 10.3. The monoisotopic (exact) mass is 368 g/mol. The standard InChI is InChI=1S/C19H20N4O2S/c20-26(24,25)13-15-9-6-12-23(15)19-21-17-11-5-4-10-16(17)18(22-19)14-7-2-1-3-8-14/h1-5,7-8,10-11,15H,6,9,12-13H2,(H2,20,24,25)/t15-/m0/s1. The summed E-state index contributed by atoms with van der Waals surface area (Å²) < 4.78 is 23.2. The van der Waals surface area contributed by atoms with E-state index in [1.54, 1.807) is 0 Å². The van der Waals surface area contributed by atoms with Crippen molar-refractivity contribution >= 4 is 26.9 Å². The van der Waals surface area contributed by atoms with Crippen molar-refractivity contribution in [3.8, 4) is 11.3 Å². The van der Waals surface area contributed by atoms with Crippen LogP contribution in [0, 0.1) is 0 Å². The first-order chi connectivity index (χ1) is 12.5. The van der Waals surface area contributed by atoms with Crippen LogP contribution in [0.2, 0.25) is 0 Å². The highest BCUT2D eigenvalue weighted by molar-refractivity contribution is 7.89. The smallest absolute Gasteiger partial charge is 0.226 e. The van der Waals surface area contributed by atoms with Gasteiger partial charge in [0.05, 0.1) is 17.0 Å². The van der Waals surface area contributed by atoms with Crippen molar-refractivity contribution in [2.24, 2.45) is 5.14 Å². The summed E-state index contributed by atoms with van der Waals surface area (Å²) in [6.45, 7) is 0.729. The van der Waals surface area contributed by atoms with Gasteiger partial charge in [0.1, 0.15) is 0 Å². The van der Waals surface area contributed by atoms with Gasteiger partial charge in [0.25, 0.3) is 0 Å². The Labute approximate surface area is 152 Å². The van der Waals surface area contributed by atoms with Crippen molar-refractivity contribution in [2.45, 2.75) is 18.9 Å². The zero-order chi connectivity index (χ0) is 18.1. The van der Waals surface area contributed by atoms with Crippen LogP contribution < -0.4 is 10.0 Å². The van der Waals surface area contributed by atoms with E-state index < -0.39 is 10.0 Å². The van der Waals surface area contributed by atoms with Gasteiger partial charge in [-0.1, -0.05) is 48.5 Å². The van der Waals surface area contributed by atoms with E-state index in [0.717, 1.165) is 41.5 Å². The highest BCUT2D eigenvalue weighted by Gasteiger charge is 2.30. The van der Waals surface area contributed by atoms with Gasteiger partial charge in [-0.15, -0.1) is 0 Å². The van der Waals surface area contributed by atoms with Crippen LogP contribution >= 0.6 is 0 Å². The number of rotatable bonds is 4. The summed E-state index contributed by atoms with van der Waals surface area (Å²) in [6.07, 6.45) is 1.67. The third kappa shape index (κ3) is 3.40. The lowest BCUT2D eigenvalue weighted by Gasteiger charge is -2.24. The molecule has 2 aromatic carbocycles. The maximum Gasteiger partial charge on any atom is 0.226 e. The number of hydrogen-bond acceptors (Lipinski definition) is 5. The van der Waals surface area contributed by atoms with Gasteiger partial charge >= 0.3 is 0 Å². The molecule has 1 fully saturated rings. The number of hydrogen-bond donors (Lipinski definition) is 1. The Bertz CT molecular complexity index is 1040. The number of aromatic nitrogens is 2. The zero-order valence-electron chi connectivity index (χ0n) is 14.2. The van der Waals surface area contributed by atoms with Crippen LogP contribution in [0.1, 0.15) is 12.8 Å². The lowest BCUT2D eigenvalue weighted by Crippen LogP contribution is -2.38. The summed E-state index contributed by atoms with van der Waals surface area (Å²) in [7, 11) is -3.55. The molecule has 1 saturated heterocycles. The molecule has 0 spiro atoms. The van der Waals surface area contributed by atoms with Crippen LogP contribution in [0.15, 0.2) is 54.6 Å². The summed E-state index contributed by atoms with van der Waals surface area (Å²) in [5.74, 6) is 0.484. The van der Waals surface area contributed by atoms with E-state index >= 15 is 0 Å². The molecule has 3 aromatic rings. The SMILES string of the molecule is NS(=O)(=O)C[C@@H]1CCCN1c1nc(-c2ccccc2)c2ccccc2n1. The number of nitrogens with two attached hydrogens (primary N) is 1. The summed E-state index contributed by atoms with van der Waals surface area (Å²) >= 11 is 0. The van der Waals surface area contributed by atoms with E-state index in [1.165, 1.54) is 0 Å². The Morgan fingerprint density at radius 3 is 2.54 bits per heavy atom. The van der Waals surface area contributed by atoms with E-state index in [1.807, 2.05) is 59.5 Å². The molecule has 2 heterocycles. The second kappa shape index (κ2) is 6.66. The first kappa shape index (κ1) is 16.9. The van der Waals surface area contributed by atoms with Crippen LogP contribution in [0.25, 0.3) is 22.2 Å². The average molecular weight is 368 g/mol. The highest BCUT2D eigenvalue weighted by Crippen LogP contribution is 2.30. The van der Waals surface area contributed by atoms with Crippen molar-refractivity contribution < 1.29 is 8.42 Å². The van der Waals surface area contributed by atoms with Crippen LogP contribution in [-0.2, 0) is 10.0 Å². The molecule has 6 nitrogen and oxygen atoms in total. The number of anilines is 1. The molecule has 26 heavy (non-hydrogen) atoms. The number of primary sulfonamides is 1. The van der Waals surface area contributed by atoms with Gasteiger partial charge in [0.2, 0.25) is 16.0 Å². The number of para-hydroxylation sites is 1. The summed E-state index contributed by atoms with van der Waals surface area (Å²) in [4.78, 5) is 11.5. The second-order valence-corrected chi connectivity index (χ2v) is 8.23. The van der Waals surface area contributed by atoms with Gasteiger partial charge in [0.15, 0.2) is 0 Å². The lowest BCUT2D eigenvalue weighted by molar-refractivity contribution is 0.586. The fourth-order valence-electron chi connectivity index (χ4n) is 3.55. The zero-order valence-corrected chi connectivity index (χ0v) is 15.1. The highest BCUT2D eigenvalue weighted by atomic mass is 32.2. The molecule has 1 aliphatic heterocycles. The number of fused-ring (bicyclic) bond motifs is 1. The fourth-order valence-corrected chi connectivity index (χ4v) is 4.43. The molecule has 1 aromatic heterocycles. The predicted molar refractivity (Wildman–Crippen MR) is 103 cm³/mol. The minimum atomic E-state index is -3.55. The Hall–Kier alpha value is -2.51. The molecule has 0 saturated carbocycles. The van der Waals surface area contributed by atoms with Gasteiger partial charge in [-0.05, 0) is 18.9 Å². The third-order valence-electron chi connectivity index (χ3n) is 4.70. The summed E-state index contributed by atoms with van der Waals surface area (Å²) in [6, 6.07) is 17.7. The van der Waals surface area contributed by atoms with Gasteiger partial charge in [-0.2, -0.15) is 0 Å². The molecule has 0 unspecified atom stereocenters. The molecule has 0 amide bonds. The Kier molecular flexibility index (Phi) is 4.34. The minimum absolute atomic E-state index is 0.0795. The van der Waals surface area contributed by atoms with Gasteiger partial charge in [-0.3, -0.25) is 0 Å². The van der Waals surface area contributed by atoms with Gasteiger partial charge in [-0.25, -0.2) is 23.5 Å². The number of benzene rings is 2. The molecule has 4 rings (SSSR count). The Morgan fingerprint density at radius 1 is 1.04 bits per heavy atom. The second-order valence-electron chi connectivity index (χ2n) is 6.57. The van der Waals surface area contributed by atoms with Crippen LogP contribution in [0.3, 0.4) is 0 Å². The average Bonchev–Trinajstić information content (AvgIpc) is 3.07. The molecule has 0 aliphatic carbocycles. The van der Waals surface area contributed by atoms with E-state index in [9.17, 15) is 8.42 Å². The van der Waals surface area contributed by atoms with Crippen molar-refractivity contribution in [2.75, 3.05) is 17.2 Å². The predicted octanol–water partition coefficient (Wildman–Crippen LogP) is 2.55. The van der Waals surface area contributed by atoms with Crippen molar-refractivity contribution in [1.82, 2.24) is 9.97 Å². The van der Waals surface area contributed by atoms with Crippen molar-refractivity contribution in [3.05, 3.63) is 54.6 Å². The molecule has 1 aliphatic rings. The maximum absolute atomic E-state index is 11.6. The molecule has 0 radical (unpaired) electrons. The molecule has 0 bridgehead atoms. The van der Waals surface area contributed by atoms with Crippen molar-refractivity contribution in [1.29, 1.82) is 0 Å². The molecule has 134 valence electrons. The Balaban J connectivity index is 1.84. The van der Waals surface area contributed by atoms with Crippen LogP contribution in [-0.4, -0.2) is 36.7 Å². The van der Waals surface area contributed by atoms with Gasteiger partial charge < -0.3 is 4.90 Å². The lowest BCUT2D eigenvalue weighted by atomic mass is 10.1. The summed E-state index contributed by atoms with van der Waals surface area (Å²) in [5, 5.41) is 6.25. The van der Waals surface area contributed by atoms with E-state index in [-0.39, 0.29) is 11.8 Å². The molecular formula is C19H20N4O2S. The summed E-state index contributed by atoms with van der Waals surface area (Å²) in [5.41, 5.74) is 2.71. The van der Waals surface area contributed by atoms with Crippen LogP contribution in [0.5, 0.6) is 0 Å². The molecular weight excluding hydrogens is 348 g/mol. The third-order valence-corrected chi connectivity index (χ3v) is 5.55. The largest absolute Gasteiger partial charge is 0.337 e. The number of sulfonamides is 1. The topological polar surface area (TPSA) is 89.2 Å². The first-order valence-electron chi connectivity index (χ1n) is 8.60. The van der Waals surface area contributed by atoms with E-state index in [4.69, 9.17) is 15.1 Å². The van der Waals surface area contributed by atoms with Crippen LogP contribution in [0.4, 0.5) is 5.95 Å². The minimum Gasteiger partial charge on any atom is -0.337 e. The van der Waals surface area contributed by atoms with E-state index in [0.29, 0.717) is 5.95 Å². The molecule has 2 N–H and O–H groups in total. The maximum atomic E-state index is 11.6.